The van der Waals surface area contributed by atoms with Gasteiger partial charge in [-0.15, -0.1) is 5.10 Å². The van der Waals surface area contributed by atoms with Crippen molar-refractivity contribution in [1.82, 2.24) is 20.1 Å². The highest BCUT2D eigenvalue weighted by Gasteiger charge is 2.42. The summed E-state index contributed by atoms with van der Waals surface area (Å²) in [6.45, 7) is 5.38. The van der Waals surface area contributed by atoms with Gasteiger partial charge in [0.25, 0.3) is 0 Å². The van der Waals surface area contributed by atoms with Crippen LogP contribution in [0.5, 0.6) is 0 Å². The van der Waals surface area contributed by atoms with Crippen LogP contribution < -0.4 is 4.90 Å². The van der Waals surface area contributed by atoms with Gasteiger partial charge in [-0.3, -0.25) is 9.78 Å². The summed E-state index contributed by atoms with van der Waals surface area (Å²) in [6.07, 6.45) is 7.51. The quantitative estimate of drug-likeness (QED) is 0.850. The Morgan fingerprint density at radius 1 is 1.15 bits per heavy atom. The Bertz CT molecular complexity index is 764. The van der Waals surface area contributed by atoms with Gasteiger partial charge in [-0.05, 0) is 49.9 Å². The number of anilines is 1. The van der Waals surface area contributed by atoms with E-state index in [9.17, 15) is 4.79 Å². The van der Waals surface area contributed by atoms with E-state index >= 15 is 0 Å². The van der Waals surface area contributed by atoms with Gasteiger partial charge in [-0.25, -0.2) is 0 Å². The molecule has 2 aliphatic heterocycles. The van der Waals surface area contributed by atoms with Crippen LogP contribution in [0.15, 0.2) is 36.7 Å². The highest BCUT2D eigenvalue weighted by atomic mass is 16.2. The molecule has 1 atom stereocenters. The highest BCUT2D eigenvalue weighted by molar-refractivity contribution is 5.77. The van der Waals surface area contributed by atoms with Crippen LogP contribution in [0.25, 0.3) is 0 Å². The molecule has 0 N–H and O–H groups in total. The summed E-state index contributed by atoms with van der Waals surface area (Å²) >= 11 is 0. The molecular formula is C20H25N5O. The van der Waals surface area contributed by atoms with E-state index in [2.05, 4.69) is 26.1 Å². The van der Waals surface area contributed by atoms with Crippen LogP contribution in [0.3, 0.4) is 0 Å². The predicted molar refractivity (Wildman–Crippen MR) is 99.5 cm³/mol. The zero-order chi connectivity index (χ0) is 18.0. The van der Waals surface area contributed by atoms with E-state index in [1.165, 1.54) is 6.42 Å². The molecule has 2 aliphatic rings. The van der Waals surface area contributed by atoms with Crippen molar-refractivity contribution in [2.75, 3.05) is 24.5 Å². The second kappa shape index (κ2) is 7.02. The van der Waals surface area contributed by atoms with Crippen molar-refractivity contribution in [2.45, 2.75) is 39.2 Å². The van der Waals surface area contributed by atoms with Gasteiger partial charge in [0.1, 0.15) is 0 Å². The SMILES string of the molecule is Cc1ccc(N2CCCC3(CCC(=O)N(Cc4cccnc4)C3)C2)nn1. The summed E-state index contributed by atoms with van der Waals surface area (Å²) in [5, 5.41) is 8.58. The largest absolute Gasteiger partial charge is 0.355 e. The van der Waals surface area contributed by atoms with E-state index < -0.39 is 0 Å². The zero-order valence-corrected chi connectivity index (χ0v) is 15.3. The molecule has 0 aliphatic carbocycles. The Balaban J connectivity index is 1.49. The second-order valence-corrected chi connectivity index (χ2v) is 7.67. The lowest BCUT2D eigenvalue weighted by Crippen LogP contribution is -2.54. The summed E-state index contributed by atoms with van der Waals surface area (Å²) in [5.41, 5.74) is 2.18. The smallest absolute Gasteiger partial charge is 0.222 e. The average Bonchev–Trinajstić information content (AvgIpc) is 2.67. The monoisotopic (exact) mass is 351 g/mol. The Morgan fingerprint density at radius 3 is 2.85 bits per heavy atom. The third-order valence-electron chi connectivity index (χ3n) is 5.61. The molecule has 1 spiro atoms. The summed E-state index contributed by atoms with van der Waals surface area (Å²) in [5.74, 6) is 1.21. The summed E-state index contributed by atoms with van der Waals surface area (Å²) < 4.78 is 0. The van der Waals surface area contributed by atoms with Gasteiger partial charge in [0.05, 0.1) is 5.69 Å². The molecule has 26 heavy (non-hydrogen) atoms. The van der Waals surface area contributed by atoms with Crippen molar-refractivity contribution in [2.24, 2.45) is 5.41 Å². The van der Waals surface area contributed by atoms with Gasteiger partial charge in [-0.2, -0.15) is 5.10 Å². The van der Waals surface area contributed by atoms with Crippen molar-refractivity contribution in [1.29, 1.82) is 0 Å². The minimum atomic E-state index is 0.154. The number of nitrogens with zero attached hydrogens (tertiary/aromatic N) is 5. The predicted octanol–water partition coefficient (Wildman–Crippen LogP) is 2.59. The third-order valence-corrected chi connectivity index (χ3v) is 5.61. The molecule has 2 saturated heterocycles. The second-order valence-electron chi connectivity index (χ2n) is 7.67. The first-order valence-electron chi connectivity index (χ1n) is 9.36. The number of carbonyl (C=O) groups is 1. The molecular weight excluding hydrogens is 326 g/mol. The van der Waals surface area contributed by atoms with Gasteiger partial charge in [-0.1, -0.05) is 6.07 Å². The molecule has 6 nitrogen and oxygen atoms in total. The van der Waals surface area contributed by atoms with Gasteiger partial charge in [0, 0.05) is 50.4 Å². The number of aryl methyl sites for hydroxylation is 1. The van der Waals surface area contributed by atoms with Crippen molar-refractivity contribution >= 4 is 11.7 Å². The first kappa shape index (κ1) is 16.9. The van der Waals surface area contributed by atoms with E-state index in [1.807, 2.05) is 36.2 Å². The molecule has 0 bridgehead atoms. The molecule has 1 unspecified atom stereocenters. The Morgan fingerprint density at radius 2 is 2.08 bits per heavy atom. The van der Waals surface area contributed by atoms with E-state index in [-0.39, 0.29) is 11.3 Å². The van der Waals surface area contributed by atoms with Crippen LogP contribution in [0, 0.1) is 12.3 Å². The third kappa shape index (κ3) is 3.54. The average molecular weight is 351 g/mol. The molecule has 2 fully saturated rings. The molecule has 6 heteroatoms. The fourth-order valence-corrected chi connectivity index (χ4v) is 4.26. The number of likely N-dealkylation sites (tertiary alicyclic amines) is 1. The van der Waals surface area contributed by atoms with E-state index in [0.717, 1.165) is 49.6 Å². The number of hydrogen-bond donors (Lipinski definition) is 0. The number of rotatable bonds is 3. The van der Waals surface area contributed by atoms with Crippen molar-refractivity contribution in [3.05, 3.63) is 47.9 Å². The number of carbonyl (C=O) groups excluding carboxylic acids is 1. The topological polar surface area (TPSA) is 62.2 Å². The lowest BCUT2D eigenvalue weighted by molar-refractivity contribution is -0.138. The maximum absolute atomic E-state index is 12.5. The Hall–Kier alpha value is -2.50. The van der Waals surface area contributed by atoms with Crippen LogP contribution in [0.2, 0.25) is 0 Å². The number of pyridine rings is 1. The number of amides is 1. The summed E-state index contributed by atoms with van der Waals surface area (Å²) in [6, 6.07) is 8.04. The number of aromatic nitrogens is 3. The summed E-state index contributed by atoms with van der Waals surface area (Å²) in [4.78, 5) is 21.0. The van der Waals surface area contributed by atoms with Gasteiger partial charge < -0.3 is 9.80 Å². The molecule has 136 valence electrons. The molecule has 1 amide bonds. The highest BCUT2D eigenvalue weighted by Crippen LogP contribution is 2.40. The Labute approximate surface area is 154 Å². The number of piperidine rings is 2. The maximum atomic E-state index is 12.5. The van der Waals surface area contributed by atoms with Crippen molar-refractivity contribution < 1.29 is 4.79 Å². The lowest BCUT2D eigenvalue weighted by Gasteiger charge is -2.48. The van der Waals surface area contributed by atoms with Crippen LogP contribution in [-0.4, -0.2) is 45.6 Å². The molecule has 0 aromatic carbocycles. The van der Waals surface area contributed by atoms with E-state index in [1.54, 1.807) is 6.20 Å². The van der Waals surface area contributed by atoms with Crippen molar-refractivity contribution in [3.63, 3.8) is 0 Å². The van der Waals surface area contributed by atoms with Crippen LogP contribution >= 0.6 is 0 Å². The molecule has 2 aromatic rings. The van der Waals surface area contributed by atoms with Gasteiger partial charge >= 0.3 is 0 Å². The lowest BCUT2D eigenvalue weighted by atomic mass is 9.73. The first-order chi connectivity index (χ1) is 12.6. The van der Waals surface area contributed by atoms with Crippen LogP contribution in [0.4, 0.5) is 5.82 Å². The molecule has 4 heterocycles. The van der Waals surface area contributed by atoms with Gasteiger partial charge in [0.2, 0.25) is 5.91 Å². The normalized spacial score (nSPS) is 23.5. The molecule has 2 aromatic heterocycles. The van der Waals surface area contributed by atoms with Gasteiger partial charge in [0.15, 0.2) is 5.82 Å². The van der Waals surface area contributed by atoms with Crippen LogP contribution in [-0.2, 0) is 11.3 Å². The molecule has 4 rings (SSSR count). The maximum Gasteiger partial charge on any atom is 0.222 e. The molecule has 0 radical (unpaired) electrons. The minimum absolute atomic E-state index is 0.154. The molecule has 0 saturated carbocycles. The standard InChI is InChI=1S/C20H25N5O/c1-16-5-6-18(23-22-16)24-11-3-8-20(14-24)9-7-19(26)25(15-20)13-17-4-2-10-21-12-17/h2,4-6,10,12H,3,7-9,11,13-15H2,1H3. The number of hydrogen-bond acceptors (Lipinski definition) is 5. The van der Waals surface area contributed by atoms with Crippen molar-refractivity contribution in [3.8, 4) is 0 Å². The minimum Gasteiger partial charge on any atom is -0.355 e. The zero-order valence-electron chi connectivity index (χ0n) is 15.3. The van der Waals surface area contributed by atoms with Crippen LogP contribution in [0.1, 0.15) is 36.9 Å². The Kier molecular flexibility index (Phi) is 4.57. The van der Waals surface area contributed by atoms with E-state index in [0.29, 0.717) is 13.0 Å². The summed E-state index contributed by atoms with van der Waals surface area (Å²) in [7, 11) is 0. The van der Waals surface area contributed by atoms with E-state index in [4.69, 9.17) is 0 Å². The fraction of sp³-hybridized carbons (Fsp3) is 0.500. The first-order valence-corrected chi connectivity index (χ1v) is 9.36. The fourth-order valence-electron chi connectivity index (χ4n) is 4.26.